The monoisotopic (exact) mass is 370 g/mol. The van der Waals surface area contributed by atoms with Gasteiger partial charge in [0.05, 0.1) is 6.42 Å². The van der Waals surface area contributed by atoms with Crippen molar-refractivity contribution in [2.75, 3.05) is 24.8 Å². The number of aromatic nitrogens is 2. The Morgan fingerprint density at radius 3 is 2.81 bits per heavy atom. The summed E-state index contributed by atoms with van der Waals surface area (Å²) in [5.41, 5.74) is 1.46. The zero-order valence-corrected chi connectivity index (χ0v) is 15.2. The van der Waals surface area contributed by atoms with E-state index >= 15 is 0 Å². The lowest BCUT2D eigenvalue weighted by Crippen LogP contribution is -2.45. The summed E-state index contributed by atoms with van der Waals surface area (Å²) < 4.78 is 10.6. The van der Waals surface area contributed by atoms with Gasteiger partial charge in [0.25, 0.3) is 5.56 Å². The highest BCUT2D eigenvalue weighted by atomic mass is 16.7. The van der Waals surface area contributed by atoms with Crippen LogP contribution in [0.5, 0.6) is 11.5 Å². The van der Waals surface area contributed by atoms with Gasteiger partial charge in [-0.25, -0.2) is 4.98 Å². The number of carbonyl (C=O) groups is 1. The van der Waals surface area contributed by atoms with Gasteiger partial charge in [0, 0.05) is 30.9 Å². The van der Waals surface area contributed by atoms with Crippen molar-refractivity contribution in [2.45, 2.75) is 32.2 Å². The number of carbonyl (C=O) groups excluding carboxylic acids is 1. The van der Waals surface area contributed by atoms with E-state index in [1.165, 1.54) is 6.07 Å². The molecule has 0 atom stereocenters. The summed E-state index contributed by atoms with van der Waals surface area (Å²) >= 11 is 0. The fraction of sp³-hybridized carbons (Fsp3) is 0.421. The maximum absolute atomic E-state index is 12.4. The lowest BCUT2D eigenvalue weighted by molar-refractivity contribution is -0.121. The van der Waals surface area contributed by atoms with E-state index in [9.17, 15) is 9.59 Å². The first-order valence-electron chi connectivity index (χ1n) is 9.07. The molecule has 8 nitrogen and oxygen atoms in total. The second-order valence-corrected chi connectivity index (χ2v) is 6.90. The molecule has 0 radical (unpaired) electrons. The molecular formula is C19H22N4O4. The number of anilines is 1. The molecule has 0 saturated carbocycles. The molecule has 1 amide bonds. The van der Waals surface area contributed by atoms with E-state index in [-0.39, 0.29) is 24.3 Å². The summed E-state index contributed by atoms with van der Waals surface area (Å²) in [4.78, 5) is 33.2. The van der Waals surface area contributed by atoms with Crippen molar-refractivity contribution in [1.82, 2.24) is 15.3 Å². The number of nitrogens with one attached hydrogen (secondary N) is 2. The lowest BCUT2D eigenvalue weighted by atomic mass is 10.0. The van der Waals surface area contributed by atoms with E-state index in [0.717, 1.165) is 31.5 Å². The fourth-order valence-corrected chi connectivity index (χ4v) is 3.46. The number of aromatic amines is 1. The maximum Gasteiger partial charge on any atom is 0.252 e. The predicted molar refractivity (Wildman–Crippen MR) is 99.2 cm³/mol. The Balaban J connectivity index is 1.30. The van der Waals surface area contributed by atoms with Crippen LogP contribution in [0, 0.1) is 6.92 Å². The molecule has 1 aromatic heterocycles. The number of hydrogen-bond acceptors (Lipinski definition) is 6. The Hall–Kier alpha value is -3.03. The van der Waals surface area contributed by atoms with Crippen LogP contribution in [0.15, 0.2) is 29.1 Å². The Bertz CT molecular complexity index is 903. The summed E-state index contributed by atoms with van der Waals surface area (Å²) in [5, 5.41) is 3.10. The molecule has 0 unspecified atom stereocenters. The molecule has 0 aliphatic carbocycles. The summed E-state index contributed by atoms with van der Waals surface area (Å²) in [7, 11) is 0. The van der Waals surface area contributed by atoms with E-state index in [4.69, 9.17) is 9.47 Å². The Morgan fingerprint density at radius 2 is 2.04 bits per heavy atom. The molecular weight excluding hydrogens is 348 g/mol. The number of amides is 1. The van der Waals surface area contributed by atoms with Crippen molar-refractivity contribution in [3.8, 4) is 11.5 Å². The Kier molecular flexibility index (Phi) is 4.70. The van der Waals surface area contributed by atoms with Gasteiger partial charge in [-0.05, 0) is 37.5 Å². The largest absolute Gasteiger partial charge is 0.454 e. The molecule has 0 bridgehead atoms. The minimum absolute atomic E-state index is 0.00518. The molecule has 3 heterocycles. The first-order valence-corrected chi connectivity index (χ1v) is 9.07. The summed E-state index contributed by atoms with van der Waals surface area (Å²) in [6.07, 6.45) is 1.93. The average molecular weight is 370 g/mol. The summed E-state index contributed by atoms with van der Waals surface area (Å²) in [6, 6.07) is 7.17. The normalized spacial score (nSPS) is 16.4. The average Bonchev–Trinajstić information content (AvgIpc) is 3.09. The fourth-order valence-electron chi connectivity index (χ4n) is 3.46. The predicted octanol–water partition coefficient (Wildman–Crippen LogP) is 1.13. The van der Waals surface area contributed by atoms with E-state index in [1.807, 2.05) is 25.1 Å². The van der Waals surface area contributed by atoms with Crippen LogP contribution in [0.2, 0.25) is 0 Å². The Morgan fingerprint density at radius 1 is 1.26 bits per heavy atom. The highest BCUT2D eigenvalue weighted by Gasteiger charge is 2.22. The first kappa shape index (κ1) is 17.4. The van der Waals surface area contributed by atoms with Crippen LogP contribution in [0.3, 0.4) is 0 Å². The topological polar surface area (TPSA) is 96.6 Å². The number of piperidine rings is 1. The number of hydrogen-bond donors (Lipinski definition) is 2. The third kappa shape index (κ3) is 4.05. The Labute approximate surface area is 156 Å². The number of H-pyrrole nitrogens is 1. The highest BCUT2D eigenvalue weighted by Crippen LogP contribution is 2.32. The third-order valence-corrected chi connectivity index (χ3v) is 4.82. The second-order valence-electron chi connectivity index (χ2n) is 6.90. The first-order chi connectivity index (χ1) is 13.1. The van der Waals surface area contributed by atoms with Gasteiger partial charge in [0.15, 0.2) is 11.5 Å². The van der Waals surface area contributed by atoms with Crippen molar-refractivity contribution in [1.29, 1.82) is 0 Å². The standard InChI is InChI=1S/C19H22N4O4/c1-12-8-17(24)22-19(20-12)23-6-4-14(5-7-23)21-18(25)10-13-2-3-15-16(9-13)27-11-26-15/h2-3,8-9,14H,4-7,10-11H2,1H3,(H,21,25)(H,20,22,24). The number of nitrogens with zero attached hydrogens (tertiary/aromatic N) is 2. The molecule has 2 aliphatic heterocycles. The van der Waals surface area contributed by atoms with Gasteiger partial charge in [-0.3, -0.25) is 14.6 Å². The van der Waals surface area contributed by atoms with Crippen LogP contribution >= 0.6 is 0 Å². The number of rotatable bonds is 4. The van der Waals surface area contributed by atoms with Crippen LogP contribution in [0.4, 0.5) is 5.95 Å². The number of fused-ring (bicyclic) bond motifs is 1. The van der Waals surface area contributed by atoms with Gasteiger partial charge in [-0.2, -0.15) is 0 Å². The van der Waals surface area contributed by atoms with Gasteiger partial charge in [0.1, 0.15) is 0 Å². The molecule has 2 aromatic rings. The van der Waals surface area contributed by atoms with Crippen LogP contribution in [0.25, 0.3) is 0 Å². The SMILES string of the molecule is Cc1cc(=O)[nH]c(N2CCC(NC(=O)Cc3ccc4c(c3)OCO4)CC2)n1. The van der Waals surface area contributed by atoms with E-state index < -0.39 is 0 Å². The highest BCUT2D eigenvalue weighted by molar-refractivity contribution is 5.79. The minimum atomic E-state index is -0.142. The van der Waals surface area contributed by atoms with Crippen LogP contribution < -0.4 is 25.2 Å². The van der Waals surface area contributed by atoms with E-state index in [0.29, 0.717) is 29.6 Å². The zero-order valence-electron chi connectivity index (χ0n) is 15.2. The van der Waals surface area contributed by atoms with Gasteiger partial charge >= 0.3 is 0 Å². The molecule has 1 aromatic carbocycles. The van der Waals surface area contributed by atoms with Crippen LogP contribution in [-0.2, 0) is 11.2 Å². The minimum Gasteiger partial charge on any atom is -0.454 e. The molecule has 27 heavy (non-hydrogen) atoms. The molecule has 1 saturated heterocycles. The molecule has 2 aliphatic rings. The summed E-state index contributed by atoms with van der Waals surface area (Å²) in [5.74, 6) is 2.00. The maximum atomic E-state index is 12.4. The van der Waals surface area contributed by atoms with E-state index in [2.05, 4.69) is 20.2 Å². The van der Waals surface area contributed by atoms with Crippen molar-refractivity contribution in [3.05, 3.63) is 45.9 Å². The summed E-state index contributed by atoms with van der Waals surface area (Å²) in [6.45, 7) is 3.51. The zero-order chi connectivity index (χ0) is 18.8. The second kappa shape index (κ2) is 7.30. The van der Waals surface area contributed by atoms with Crippen molar-refractivity contribution < 1.29 is 14.3 Å². The molecule has 1 fully saturated rings. The molecule has 142 valence electrons. The molecule has 2 N–H and O–H groups in total. The van der Waals surface area contributed by atoms with Gasteiger partial charge in [-0.1, -0.05) is 6.07 Å². The molecule has 8 heteroatoms. The molecule has 4 rings (SSSR count). The van der Waals surface area contributed by atoms with Crippen LogP contribution in [-0.4, -0.2) is 41.8 Å². The smallest absolute Gasteiger partial charge is 0.252 e. The third-order valence-electron chi connectivity index (χ3n) is 4.82. The lowest BCUT2D eigenvalue weighted by Gasteiger charge is -2.32. The molecule has 0 spiro atoms. The van der Waals surface area contributed by atoms with Crippen molar-refractivity contribution >= 4 is 11.9 Å². The van der Waals surface area contributed by atoms with Crippen LogP contribution in [0.1, 0.15) is 24.1 Å². The number of benzene rings is 1. The van der Waals surface area contributed by atoms with E-state index in [1.54, 1.807) is 0 Å². The van der Waals surface area contributed by atoms with Crippen molar-refractivity contribution in [2.24, 2.45) is 0 Å². The van der Waals surface area contributed by atoms with Gasteiger partial charge < -0.3 is 19.7 Å². The quantitative estimate of drug-likeness (QED) is 0.838. The van der Waals surface area contributed by atoms with Gasteiger partial charge in [0.2, 0.25) is 18.6 Å². The van der Waals surface area contributed by atoms with Gasteiger partial charge in [-0.15, -0.1) is 0 Å². The number of aryl methyl sites for hydroxylation is 1. The van der Waals surface area contributed by atoms with Crippen molar-refractivity contribution in [3.63, 3.8) is 0 Å². The number of ether oxygens (including phenoxy) is 2.